The minimum Gasteiger partial charge on any atom is -0.450 e. The third-order valence-electron chi connectivity index (χ3n) is 4.83. The first kappa shape index (κ1) is 22.2. The fourth-order valence-electron chi connectivity index (χ4n) is 3.17. The fraction of sp³-hybridized carbons (Fsp3) is 0.409. The SMILES string of the molecule is CC(C)c1cn(COCC[Si](C)(C)C)c2nccc(Oc3c(F)cc(N)cc3F)c12. The van der Waals surface area contributed by atoms with Crippen LogP contribution in [-0.2, 0) is 11.5 Å². The molecule has 0 atom stereocenters. The second-order valence-corrected chi connectivity index (χ2v) is 14.6. The van der Waals surface area contributed by atoms with Gasteiger partial charge in [-0.05, 0) is 23.6 Å². The van der Waals surface area contributed by atoms with Gasteiger partial charge in [0.05, 0.1) is 5.39 Å². The molecule has 3 aromatic rings. The van der Waals surface area contributed by atoms with Crippen molar-refractivity contribution in [2.45, 2.75) is 52.2 Å². The first-order chi connectivity index (χ1) is 14.1. The van der Waals surface area contributed by atoms with Gasteiger partial charge in [-0.1, -0.05) is 33.5 Å². The van der Waals surface area contributed by atoms with Gasteiger partial charge in [0.1, 0.15) is 18.1 Å². The Bertz CT molecular complexity index is 1020. The van der Waals surface area contributed by atoms with E-state index in [0.29, 0.717) is 24.7 Å². The maximum atomic E-state index is 14.3. The van der Waals surface area contributed by atoms with Crippen molar-refractivity contribution in [1.29, 1.82) is 0 Å². The van der Waals surface area contributed by atoms with Crippen molar-refractivity contribution in [2.75, 3.05) is 12.3 Å². The molecule has 2 heterocycles. The van der Waals surface area contributed by atoms with Gasteiger partial charge < -0.3 is 19.8 Å². The number of nitrogens with two attached hydrogens (primary N) is 1. The second kappa shape index (κ2) is 8.73. The summed E-state index contributed by atoms with van der Waals surface area (Å²) >= 11 is 0. The monoisotopic (exact) mass is 433 g/mol. The summed E-state index contributed by atoms with van der Waals surface area (Å²) in [5, 5.41) is 0.719. The predicted molar refractivity (Wildman–Crippen MR) is 119 cm³/mol. The third-order valence-corrected chi connectivity index (χ3v) is 6.53. The molecule has 3 rings (SSSR count). The summed E-state index contributed by atoms with van der Waals surface area (Å²) in [6.45, 7) is 12.1. The summed E-state index contributed by atoms with van der Waals surface area (Å²) < 4.78 is 42.1. The van der Waals surface area contributed by atoms with Crippen molar-refractivity contribution in [3.8, 4) is 11.5 Å². The first-order valence-corrected chi connectivity index (χ1v) is 13.8. The number of ether oxygens (including phenoxy) is 2. The first-order valence-electron chi connectivity index (χ1n) is 10.0. The van der Waals surface area contributed by atoms with Gasteiger partial charge in [-0.15, -0.1) is 0 Å². The Kier molecular flexibility index (Phi) is 6.47. The summed E-state index contributed by atoms with van der Waals surface area (Å²) in [7, 11) is -1.18. The Morgan fingerprint density at radius 2 is 1.83 bits per heavy atom. The zero-order valence-electron chi connectivity index (χ0n) is 18.1. The number of benzene rings is 1. The van der Waals surface area contributed by atoms with E-state index in [1.54, 1.807) is 12.3 Å². The number of hydrogen-bond acceptors (Lipinski definition) is 4. The molecule has 1 aromatic carbocycles. The van der Waals surface area contributed by atoms with Gasteiger partial charge in [0, 0.05) is 44.9 Å². The van der Waals surface area contributed by atoms with Crippen molar-refractivity contribution < 1.29 is 18.3 Å². The van der Waals surface area contributed by atoms with Crippen LogP contribution in [0.2, 0.25) is 25.7 Å². The molecule has 0 saturated carbocycles. The fourth-order valence-corrected chi connectivity index (χ4v) is 3.92. The lowest BCUT2D eigenvalue weighted by Gasteiger charge is -2.15. The van der Waals surface area contributed by atoms with Crippen LogP contribution in [0.25, 0.3) is 11.0 Å². The standard InChI is InChI=1S/C22H29F2N3O2Si/c1-14(2)16-12-27(13-28-8-9-30(3,4)5)22-20(16)19(6-7-26-22)29-21-17(23)10-15(25)11-18(21)24/h6-7,10-12,14H,8-9,13,25H2,1-5H3. The molecule has 0 unspecified atom stereocenters. The number of rotatable bonds is 8. The van der Waals surface area contributed by atoms with E-state index in [1.165, 1.54) is 0 Å². The molecule has 0 fully saturated rings. The van der Waals surface area contributed by atoms with Gasteiger partial charge in [0.2, 0.25) is 0 Å². The van der Waals surface area contributed by atoms with Gasteiger partial charge >= 0.3 is 0 Å². The molecule has 30 heavy (non-hydrogen) atoms. The number of halogens is 2. The average Bonchev–Trinajstić information content (AvgIpc) is 3.01. The minimum atomic E-state index is -1.18. The van der Waals surface area contributed by atoms with E-state index in [-0.39, 0.29) is 11.6 Å². The highest BCUT2D eigenvalue weighted by Crippen LogP contribution is 2.37. The van der Waals surface area contributed by atoms with E-state index in [1.807, 2.05) is 24.6 Å². The molecule has 0 saturated heterocycles. The second-order valence-electron chi connectivity index (χ2n) is 8.98. The third kappa shape index (κ3) is 4.99. The predicted octanol–water partition coefficient (Wildman–Crippen LogP) is 6.12. The maximum Gasteiger partial charge on any atom is 0.198 e. The van der Waals surface area contributed by atoms with Crippen LogP contribution in [0, 0.1) is 11.6 Å². The minimum absolute atomic E-state index is 0.00159. The van der Waals surface area contributed by atoms with Gasteiger partial charge in [0.25, 0.3) is 0 Å². The molecule has 162 valence electrons. The van der Waals surface area contributed by atoms with Crippen LogP contribution in [-0.4, -0.2) is 24.2 Å². The lowest BCUT2D eigenvalue weighted by molar-refractivity contribution is 0.0898. The van der Waals surface area contributed by atoms with Crippen LogP contribution in [0.1, 0.15) is 25.3 Å². The molecule has 0 spiro atoms. The summed E-state index contributed by atoms with van der Waals surface area (Å²) in [5.74, 6) is -1.68. The molecule has 2 aromatic heterocycles. The van der Waals surface area contributed by atoms with E-state index >= 15 is 0 Å². The van der Waals surface area contributed by atoms with E-state index in [2.05, 4.69) is 24.6 Å². The highest BCUT2D eigenvalue weighted by atomic mass is 28.3. The summed E-state index contributed by atoms with van der Waals surface area (Å²) in [6.07, 6.45) is 3.53. The molecular formula is C22H29F2N3O2Si. The van der Waals surface area contributed by atoms with Crippen LogP contribution in [0.3, 0.4) is 0 Å². The number of fused-ring (bicyclic) bond motifs is 1. The van der Waals surface area contributed by atoms with E-state index in [4.69, 9.17) is 15.2 Å². The van der Waals surface area contributed by atoms with Crippen molar-refractivity contribution in [3.63, 3.8) is 0 Å². The number of nitrogens with zero attached hydrogens (tertiary/aromatic N) is 2. The maximum absolute atomic E-state index is 14.3. The Hall–Kier alpha value is -2.45. The molecule has 5 nitrogen and oxygen atoms in total. The number of hydrogen-bond donors (Lipinski definition) is 1. The Labute approximate surface area is 176 Å². The molecule has 8 heteroatoms. The highest BCUT2D eigenvalue weighted by molar-refractivity contribution is 6.76. The molecular weight excluding hydrogens is 404 g/mol. The molecule has 0 amide bonds. The Morgan fingerprint density at radius 3 is 2.43 bits per heavy atom. The van der Waals surface area contributed by atoms with Crippen LogP contribution in [0.5, 0.6) is 11.5 Å². The average molecular weight is 434 g/mol. The molecule has 0 aliphatic heterocycles. The van der Waals surface area contributed by atoms with Crippen LogP contribution in [0.15, 0.2) is 30.6 Å². The van der Waals surface area contributed by atoms with E-state index in [0.717, 1.165) is 29.1 Å². The lowest BCUT2D eigenvalue weighted by atomic mass is 10.0. The van der Waals surface area contributed by atoms with Gasteiger partial charge in [0.15, 0.2) is 17.4 Å². The molecule has 0 aliphatic carbocycles. The Balaban J connectivity index is 1.96. The normalized spacial score (nSPS) is 12.1. The van der Waals surface area contributed by atoms with Gasteiger partial charge in [-0.2, -0.15) is 0 Å². The summed E-state index contributed by atoms with van der Waals surface area (Å²) in [5.41, 5.74) is 7.13. The van der Waals surface area contributed by atoms with Crippen molar-refractivity contribution in [3.05, 3.63) is 47.8 Å². The van der Waals surface area contributed by atoms with Crippen molar-refractivity contribution in [2.24, 2.45) is 0 Å². The quantitative estimate of drug-likeness (QED) is 0.264. The lowest BCUT2D eigenvalue weighted by Crippen LogP contribution is -2.22. The largest absolute Gasteiger partial charge is 0.450 e. The molecule has 0 radical (unpaired) electrons. The number of aromatic nitrogens is 2. The number of pyridine rings is 1. The van der Waals surface area contributed by atoms with Gasteiger partial charge in [-0.25, -0.2) is 13.8 Å². The van der Waals surface area contributed by atoms with Crippen LogP contribution in [0.4, 0.5) is 14.5 Å². The zero-order chi connectivity index (χ0) is 22.1. The smallest absolute Gasteiger partial charge is 0.198 e. The Morgan fingerprint density at radius 1 is 1.17 bits per heavy atom. The zero-order valence-corrected chi connectivity index (χ0v) is 19.1. The van der Waals surface area contributed by atoms with Crippen molar-refractivity contribution >= 4 is 24.8 Å². The van der Waals surface area contributed by atoms with Crippen LogP contribution >= 0.6 is 0 Å². The highest BCUT2D eigenvalue weighted by Gasteiger charge is 2.20. The van der Waals surface area contributed by atoms with Crippen molar-refractivity contribution in [1.82, 2.24) is 9.55 Å². The van der Waals surface area contributed by atoms with E-state index < -0.39 is 25.5 Å². The molecule has 0 bridgehead atoms. The van der Waals surface area contributed by atoms with E-state index in [9.17, 15) is 8.78 Å². The van der Waals surface area contributed by atoms with Crippen LogP contribution < -0.4 is 10.5 Å². The number of anilines is 1. The number of nitrogen functional groups attached to an aromatic ring is 1. The molecule has 0 aliphatic rings. The summed E-state index contributed by atoms with van der Waals surface area (Å²) in [6, 6.07) is 4.76. The molecule has 2 N–H and O–H groups in total. The topological polar surface area (TPSA) is 62.3 Å². The van der Waals surface area contributed by atoms with Gasteiger partial charge in [-0.3, -0.25) is 0 Å². The summed E-state index contributed by atoms with van der Waals surface area (Å²) in [4.78, 5) is 4.48.